The summed E-state index contributed by atoms with van der Waals surface area (Å²) < 4.78 is 86.8. The zero-order valence-corrected chi connectivity index (χ0v) is 21.7. The molecule has 0 saturated heterocycles. The molecule has 13 heteroatoms. The van der Waals surface area contributed by atoms with E-state index in [1.807, 2.05) is 20.8 Å². The number of aromatic amines is 1. The van der Waals surface area contributed by atoms with Crippen LogP contribution in [0.3, 0.4) is 0 Å². The van der Waals surface area contributed by atoms with E-state index >= 15 is 0 Å². The fraction of sp³-hybridized carbons (Fsp3) is 0.280. The van der Waals surface area contributed by atoms with E-state index in [0.29, 0.717) is 24.0 Å². The van der Waals surface area contributed by atoms with Crippen molar-refractivity contribution in [3.05, 3.63) is 85.4 Å². The van der Waals surface area contributed by atoms with Crippen LogP contribution in [0.15, 0.2) is 46.1 Å². The first-order valence-electron chi connectivity index (χ1n) is 10.9. The maximum absolute atomic E-state index is 14.6. The standard InChI is InChI=1S/C25H23F4N3O5S/c1-24(2,3)18-12-16(32-21(33)8-9-30-23(32)34)10-15(22(18)37-4)7-6-14-11-19(26)20(31-38(5,35)36)13-17(14)25(27,28)29/h8-13,31H,1-5H3,(H,30,34). The lowest BCUT2D eigenvalue weighted by atomic mass is 9.84. The molecule has 202 valence electrons. The number of anilines is 1. The fourth-order valence-electron chi connectivity index (χ4n) is 3.60. The number of hydrogen-bond donors (Lipinski definition) is 2. The minimum atomic E-state index is -5.00. The Kier molecular flexibility index (Phi) is 7.52. The smallest absolute Gasteiger partial charge is 0.417 e. The first-order valence-corrected chi connectivity index (χ1v) is 12.8. The molecule has 0 aliphatic heterocycles. The Bertz CT molecular complexity index is 1660. The highest BCUT2D eigenvalue weighted by Crippen LogP contribution is 2.37. The number of benzene rings is 2. The largest absolute Gasteiger partial charge is 0.495 e. The number of rotatable bonds is 4. The van der Waals surface area contributed by atoms with E-state index in [1.165, 1.54) is 25.4 Å². The second-order valence-corrected chi connectivity index (χ2v) is 11.0. The third-order valence-corrected chi connectivity index (χ3v) is 5.83. The SMILES string of the molecule is COc1c(C#Cc2cc(F)c(NS(C)(=O)=O)cc2C(F)(F)F)cc(-n2c(=O)cc[nH]c2=O)cc1C(C)(C)C. The quantitative estimate of drug-likeness (QED) is 0.378. The lowest BCUT2D eigenvalue weighted by Crippen LogP contribution is -2.32. The molecule has 8 nitrogen and oxygen atoms in total. The molecule has 0 unspecified atom stereocenters. The van der Waals surface area contributed by atoms with E-state index in [2.05, 4.69) is 16.8 Å². The number of methoxy groups -OCH3 is 1. The Morgan fingerprint density at radius 3 is 2.16 bits per heavy atom. The molecule has 0 spiro atoms. The highest BCUT2D eigenvalue weighted by molar-refractivity contribution is 7.92. The minimum absolute atomic E-state index is 0.0250. The topological polar surface area (TPSA) is 110 Å². The van der Waals surface area contributed by atoms with Crippen LogP contribution < -0.4 is 20.7 Å². The van der Waals surface area contributed by atoms with Gasteiger partial charge in [-0.25, -0.2) is 22.2 Å². The summed E-state index contributed by atoms with van der Waals surface area (Å²) in [5, 5.41) is 0. The Morgan fingerprint density at radius 1 is 1.00 bits per heavy atom. The van der Waals surface area contributed by atoms with Crippen molar-refractivity contribution in [3.8, 4) is 23.3 Å². The van der Waals surface area contributed by atoms with Crippen LogP contribution >= 0.6 is 0 Å². The third-order valence-electron chi connectivity index (χ3n) is 5.24. The van der Waals surface area contributed by atoms with E-state index in [-0.39, 0.29) is 17.0 Å². The average Bonchev–Trinajstić information content (AvgIpc) is 2.76. The van der Waals surface area contributed by atoms with Crippen molar-refractivity contribution in [1.29, 1.82) is 0 Å². The van der Waals surface area contributed by atoms with Gasteiger partial charge in [-0.2, -0.15) is 13.2 Å². The number of halogens is 4. The first kappa shape index (κ1) is 28.5. The summed E-state index contributed by atoms with van der Waals surface area (Å²) in [7, 11) is -2.74. The van der Waals surface area contributed by atoms with Gasteiger partial charge in [0.1, 0.15) is 11.6 Å². The van der Waals surface area contributed by atoms with Crippen LogP contribution in [0.4, 0.5) is 23.2 Å². The van der Waals surface area contributed by atoms with Gasteiger partial charge in [0.05, 0.1) is 35.9 Å². The maximum atomic E-state index is 14.6. The molecule has 2 aromatic carbocycles. The van der Waals surface area contributed by atoms with Crippen molar-refractivity contribution in [3.63, 3.8) is 0 Å². The molecule has 1 heterocycles. The van der Waals surface area contributed by atoms with Crippen LogP contribution in [0, 0.1) is 17.7 Å². The number of sulfonamides is 1. The molecule has 0 aliphatic carbocycles. The normalized spacial score (nSPS) is 12.0. The van der Waals surface area contributed by atoms with Gasteiger partial charge in [-0.15, -0.1) is 0 Å². The van der Waals surface area contributed by atoms with Gasteiger partial charge in [-0.05, 0) is 29.7 Å². The van der Waals surface area contributed by atoms with Gasteiger partial charge in [0, 0.05) is 23.4 Å². The predicted molar refractivity (Wildman–Crippen MR) is 134 cm³/mol. The number of hydrogen-bond acceptors (Lipinski definition) is 5. The third kappa shape index (κ3) is 6.25. The Hall–Kier alpha value is -4.05. The van der Waals surface area contributed by atoms with Crippen molar-refractivity contribution in [2.45, 2.75) is 32.4 Å². The number of aromatic nitrogens is 2. The Labute approximate surface area is 215 Å². The van der Waals surface area contributed by atoms with Crippen LogP contribution in [0.2, 0.25) is 0 Å². The molecule has 0 saturated carbocycles. The molecule has 0 radical (unpaired) electrons. The molecule has 3 aromatic rings. The summed E-state index contributed by atoms with van der Waals surface area (Å²) in [5.74, 6) is 3.74. The number of nitrogens with zero attached hydrogens (tertiary/aromatic N) is 1. The van der Waals surface area contributed by atoms with Crippen LogP contribution in [0.1, 0.15) is 43.0 Å². The molecule has 38 heavy (non-hydrogen) atoms. The van der Waals surface area contributed by atoms with E-state index in [9.17, 15) is 35.6 Å². The van der Waals surface area contributed by atoms with Crippen LogP contribution in [-0.2, 0) is 21.6 Å². The molecular formula is C25H23F4N3O5S. The van der Waals surface area contributed by atoms with Crippen LogP contribution in [-0.4, -0.2) is 31.3 Å². The number of nitrogens with one attached hydrogen (secondary N) is 2. The number of ether oxygens (including phenoxy) is 1. The molecule has 0 bridgehead atoms. The van der Waals surface area contributed by atoms with Gasteiger partial charge in [0.15, 0.2) is 0 Å². The summed E-state index contributed by atoms with van der Waals surface area (Å²) >= 11 is 0. The molecule has 1 aromatic heterocycles. The molecular weight excluding hydrogens is 530 g/mol. The molecule has 0 fully saturated rings. The highest BCUT2D eigenvalue weighted by atomic mass is 32.2. The number of H-pyrrole nitrogens is 1. The zero-order valence-electron chi connectivity index (χ0n) is 20.9. The minimum Gasteiger partial charge on any atom is -0.495 e. The van der Waals surface area contributed by atoms with E-state index in [1.54, 1.807) is 4.72 Å². The van der Waals surface area contributed by atoms with Crippen molar-refractivity contribution in [2.75, 3.05) is 18.1 Å². The summed E-state index contributed by atoms with van der Waals surface area (Å²) in [6.45, 7) is 5.44. The molecule has 0 atom stereocenters. The van der Waals surface area contributed by atoms with Gasteiger partial charge in [-0.3, -0.25) is 9.52 Å². The first-order chi connectivity index (χ1) is 17.4. The maximum Gasteiger partial charge on any atom is 0.417 e. The van der Waals surface area contributed by atoms with Crippen molar-refractivity contribution < 1.29 is 30.7 Å². The van der Waals surface area contributed by atoms with Crippen molar-refractivity contribution in [1.82, 2.24) is 9.55 Å². The molecule has 0 aliphatic rings. The zero-order chi connectivity index (χ0) is 28.6. The average molecular weight is 554 g/mol. The predicted octanol–water partition coefficient (Wildman–Crippen LogP) is 3.76. The van der Waals surface area contributed by atoms with E-state index in [0.717, 1.165) is 10.6 Å². The monoisotopic (exact) mass is 553 g/mol. The molecule has 3 rings (SSSR count). The Balaban J connectivity index is 2.34. The van der Waals surface area contributed by atoms with E-state index in [4.69, 9.17) is 4.74 Å². The highest BCUT2D eigenvalue weighted by Gasteiger charge is 2.34. The van der Waals surface area contributed by atoms with Gasteiger partial charge in [0.2, 0.25) is 10.0 Å². The molecule has 0 amide bonds. The second kappa shape index (κ2) is 10.0. The second-order valence-electron chi connectivity index (χ2n) is 9.28. The van der Waals surface area contributed by atoms with Gasteiger partial charge in [-0.1, -0.05) is 32.6 Å². The van der Waals surface area contributed by atoms with Crippen molar-refractivity contribution in [2.24, 2.45) is 0 Å². The summed E-state index contributed by atoms with van der Waals surface area (Å²) in [6.07, 6.45) is -3.16. The van der Waals surface area contributed by atoms with Crippen LogP contribution in [0.25, 0.3) is 5.69 Å². The lowest BCUT2D eigenvalue weighted by Gasteiger charge is -2.24. The van der Waals surface area contributed by atoms with Crippen LogP contribution in [0.5, 0.6) is 5.75 Å². The Morgan fingerprint density at radius 2 is 1.63 bits per heavy atom. The molecule has 2 N–H and O–H groups in total. The number of alkyl halides is 3. The van der Waals surface area contributed by atoms with E-state index < -0.39 is 55.5 Å². The summed E-state index contributed by atoms with van der Waals surface area (Å²) in [4.78, 5) is 27.2. The lowest BCUT2D eigenvalue weighted by molar-refractivity contribution is -0.137. The summed E-state index contributed by atoms with van der Waals surface area (Å²) in [6, 6.07) is 4.74. The van der Waals surface area contributed by atoms with Gasteiger partial charge < -0.3 is 9.72 Å². The van der Waals surface area contributed by atoms with Crippen molar-refractivity contribution >= 4 is 15.7 Å². The van der Waals surface area contributed by atoms with Gasteiger partial charge >= 0.3 is 11.9 Å². The fourth-order valence-corrected chi connectivity index (χ4v) is 4.16. The summed E-state index contributed by atoms with van der Waals surface area (Å²) in [5.41, 5.74) is -4.46. The van der Waals surface area contributed by atoms with Gasteiger partial charge in [0.25, 0.3) is 5.56 Å².